The number of carbonyl (C=O) groups excluding carboxylic acids is 1. The normalized spacial score (nSPS) is 15.2. The van der Waals surface area contributed by atoms with Crippen molar-refractivity contribution in [2.45, 2.75) is 6.92 Å². The van der Waals surface area contributed by atoms with Crippen LogP contribution in [-0.2, 0) is 18.4 Å². The molecule has 0 aliphatic rings. The molecule has 0 aromatic heterocycles. The summed E-state index contributed by atoms with van der Waals surface area (Å²) < 4.78 is 18.5. The van der Waals surface area contributed by atoms with Crippen molar-refractivity contribution in [2.75, 3.05) is 7.11 Å². The summed E-state index contributed by atoms with van der Waals surface area (Å²) >= 11 is 0. The minimum Gasteiger partial charge on any atom is -0.367 e. The minimum atomic E-state index is -4.19. The second-order valence-corrected chi connectivity index (χ2v) is 3.30. The van der Waals surface area contributed by atoms with Gasteiger partial charge in [-0.1, -0.05) is 6.58 Å². The summed E-state index contributed by atoms with van der Waals surface area (Å²) in [6, 6.07) is 0. The van der Waals surface area contributed by atoms with E-state index in [-0.39, 0.29) is 5.57 Å². The summed E-state index contributed by atoms with van der Waals surface area (Å²) in [6.07, 6.45) is 0. The number of carbonyl (C=O) groups is 1. The lowest BCUT2D eigenvalue weighted by Gasteiger charge is -2.07. The molecule has 1 unspecified atom stereocenters. The SMILES string of the molecule is C=C(C)C(=O)OP(=O)(O)OC. The van der Waals surface area contributed by atoms with Crippen LogP contribution in [0.2, 0.25) is 0 Å². The van der Waals surface area contributed by atoms with Gasteiger partial charge >= 0.3 is 13.8 Å². The van der Waals surface area contributed by atoms with E-state index in [1.54, 1.807) is 0 Å². The third kappa shape index (κ3) is 3.93. The van der Waals surface area contributed by atoms with Gasteiger partial charge in [0.2, 0.25) is 0 Å². The molecule has 0 saturated heterocycles. The quantitative estimate of drug-likeness (QED) is 0.514. The first-order valence-electron chi connectivity index (χ1n) is 2.67. The monoisotopic (exact) mass is 180 g/mol. The second kappa shape index (κ2) is 3.67. The van der Waals surface area contributed by atoms with Crippen LogP contribution in [0.1, 0.15) is 6.92 Å². The summed E-state index contributed by atoms with van der Waals surface area (Å²) in [5, 5.41) is 0. The highest BCUT2D eigenvalue weighted by Gasteiger charge is 2.23. The van der Waals surface area contributed by atoms with Crippen LogP contribution in [0.3, 0.4) is 0 Å². The van der Waals surface area contributed by atoms with Gasteiger partial charge in [0.1, 0.15) is 0 Å². The van der Waals surface area contributed by atoms with E-state index >= 15 is 0 Å². The van der Waals surface area contributed by atoms with Crippen molar-refractivity contribution in [3.63, 3.8) is 0 Å². The average Bonchev–Trinajstić information content (AvgIpc) is 1.87. The Hall–Kier alpha value is -0.640. The molecule has 0 aliphatic carbocycles. The van der Waals surface area contributed by atoms with Gasteiger partial charge in [-0.25, -0.2) is 9.36 Å². The van der Waals surface area contributed by atoms with Crippen molar-refractivity contribution in [2.24, 2.45) is 0 Å². The lowest BCUT2D eigenvalue weighted by Crippen LogP contribution is -2.03. The van der Waals surface area contributed by atoms with Crippen LogP contribution in [0.25, 0.3) is 0 Å². The van der Waals surface area contributed by atoms with Gasteiger partial charge in [-0.3, -0.25) is 9.42 Å². The summed E-state index contributed by atoms with van der Waals surface area (Å²) in [5.41, 5.74) is 0.0383. The first-order valence-corrected chi connectivity index (χ1v) is 4.16. The molecule has 6 heteroatoms. The molecule has 0 rings (SSSR count). The second-order valence-electron chi connectivity index (χ2n) is 1.81. The highest BCUT2D eigenvalue weighted by Crippen LogP contribution is 2.42. The van der Waals surface area contributed by atoms with Gasteiger partial charge in [0, 0.05) is 12.7 Å². The van der Waals surface area contributed by atoms with Crippen molar-refractivity contribution in [3.8, 4) is 0 Å². The molecule has 0 aromatic rings. The molecule has 0 fully saturated rings. The maximum Gasteiger partial charge on any atom is 0.529 e. The van der Waals surface area contributed by atoms with Crippen molar-refractivity contribution in [3.05, 3.63) is 12.2 Å². The molecule has 0 radical (unpaired) electrons. The molecule has 0 saturated carbocycles. The van der Waals surface area contributed by atoms with Gasteiger partial charge in [0.25, 0.3) is 0 Å². The summed E-state index contributed by atoms with van der Waals surface area (Å²) in [5.74, 6) is -0.947. The molecule has 0 heterocycles. The van der Waals surface area contributed by atoms with E-state index in [9.17, 15) is 9.36 Å². The molecule has 1 N–H and O–H groups in total. The molecular weight excluding hydrogens is 171 g/mol. The predicted octanol–water partition coefficient (Wildman–Crippen LogP) is 0.852. The molecule has 0 amide bonds. The molecule has 0 aromatic carbocycles. The van der Waals surface area contributed by atoms with Crippen LogP contribution in [0.15, 0.2) is 12.2 Å². The number of rotatable bonds is 3. The van der Waals surface area contributed by atoms with Gasteiger partial charge < -0.3 is 4.52 Å². The van der Waals surface area contributed by atoms with E-state index in [4.69, 9.17) is 4.89 Å². The third-order valence-corrected chi connectivity index (χ3v) is 1.64. The van der Waals surface area contributed by atoms with E-state index < -0.39 is 13.8 Å². The Morgan fingerprint density at radius 1 is 1.64 bits per heavy atom. The van der Waals surface area contributed by atoms with Crippen LogP contribution in [0.5, 0.6) is 0 Å². The van der Waals surface area contributed by atoms with E-state index in [0.717, 1.165) is 7.11 Å². The molecule has 0 bridgehead atoms. The average molecular weight is 180 g/mol. The lowest BCUT2D eigenvalue weighted by molar-refractivity contribution is -0.131. The largest absolute Gasteiger partial charge is 0.529 e. The van der Waals surface area contributed by atoms with Crippen molar-refractivity contribution in [1.82, 2.24) is 0 Å². The number of phosphoric acid groups is 1. The van der Waals surface area contributed by atoms with Crippen LogP contribution < -0.4 is 0 Å². The first-order chi connectivity index (χ1) is 4.89. The van der Waals surface area contributed by atoms with Crippen LogP contribution in [0, 0.1) is 0 Å². The Morgan fingerprint density at radius 2 is 2.09 bits per heavy atom. The van der Waals surface area contributed by atoms with Crippen LogP contribution >= 0.6 is 7.82 Å². The van der Waals surface area contributed by atoms with Gasteiger partial charge in [0.05, 0.1) is 0 Å². The van der Waals surface area contributed by atoms with E-state index in [1.165, 1.54) is 6.92 Å². The topological polar surface area (TPSA) is 72.8 Å². The number of hydrogen-bond acceptors (Lipinski definition) is 4. The molecule has 0 spiro atoms. The standard InChI is InChI=1S/C5H9O5P/c1-4(2)5(6)10-11(7,8)9-3/h1H2,2-3H3,(H,7,8). The predicted molar refractivity (Wildman–Crippen MR) is 37.7 cm³/mol. The van der Waals surface area contributed by atoms with E-state index in [1.807, 2.05) is 0 Å². The van der Waals surface area contributed by atoms with Gasteiger partial charge in [-0.2, -0.15) is 0 Å². The van der Waals surface area contributed by atoms with Crippen LogP contribution in [-0.4, -0.2) is 18.0 Å². The minimum absolute atomic E-state index is 0.0383. The fourth-order valence-electron chi connectivity index (χ4n) is 0.220. The molecule has 5 nitrogen and oxygen atoms in total. The fourth-order valence-corrected chi connectivity index (χ4v) is 0.660. The first kappa shape index (κ1) is 10.4. The van der Waals surface area contributed by atoms with Crippen molar-refractivity contribution >= 4 is 13.8 Å². The molecule has 11 heavy (non-hydrogen) atoms. The zero-order valence-electron chi connectivity index (χ0n) is 6.23. The molecule has 64 valence electrons. The fraction of sp³-hybridized carbons (Fsp3) is 0.400. The lowest BCUT2D eigenvalue weighted by atomic mass is 10.4. The van der Waals surface area contributed by atoms with E-state index in [0.29, 0.717) is 0 Å². The molecule has 0 aliphatic heterocycles. The number of hydrogen-bond donors (Lipinski definition) is 1. The maximum atomic E-state index is 10.6. The van der Waals surface area contributed by atoms with Crippen LogP contribution in [0.4, 0.5) is 0 Å². The molecule has 1 atom stereocenters. The summed E-state index contributed by atoms with van der Waals surface area (Å²) in [7, 11) is -3.23. The molecular formula is C5H9O5P. The Balaban J connectivity index is 4.16. The zero-order chi connectivity index (χ0) is 9.07. The zero-order valence-corrected chi connectivity index (χ0v) is 7.13. The van der Waals surface area contributed by atoms with Gasteiger partial charge in [-0.05, 0) is 6.92 Å². The van der Waals surface area contributed by atoms with Crippen molar-refractivity contribution < 1.29 is 23.3 Å². The summed E-state index contributed by atoms with van der Waals surface area (Å²) in [6.45, 7) is 4.57. The third-order valence-electron chi connectivity index (χ3n) is 0.777. The van der Waals surface area contributed by atoms with E-state index in [2.05, 4.69) is 15.6 Å². The van der Waals surface area contributed by atoms with Gasteiger partial charge in [-0.15, -0.1) is 0 Å². The highest BCUT2D eigenvalue weighted by atomic mass is 31.2. The Labute approximate surface area is 64.2 Å². The Bertz CT molecular complexity index is 221. The maximum absolute atomic E-state index is 10.6. The smallest absolute Gasteiger partial charge is 0.367 e. The van der Waals surface area contributed by atoms with Gasteiger partial charge in [0.15, 0.2) is 0 Å². The highest BCUT2D eigenvalue weighted by molar-refractivity contribution is 7.48. The Kier molecular flexibility index (Phi) is 3.45. The summed E-state index contributed by atoms with van der Waals surface area (Å²) in [4.78, 5) is 19.2. The Morgan fingerprint density at radius 3 is 2.36 bits per heavy atom. The number of phosphoric ester groups is 1. The van der Waals surface area contributed by atoms with Crippen molar-refractivity contribution in [1.29, 1.82) is 0 Å².